The van der Waals surface area contributed by atoms with Gasteiger partial charge in [-0.25, -0.2) is 0 Å². The minimum Gasteiger partial charge on any atom is -0.399 e. The number of carbonyl (C=O) groups excluding carboxylic acids is 1. The molecule has 1 fully saturated rings. The van der Waals surface area contributed by atoms with Crippen molar-refractivity contribution in [2.75, 3.05) is 44.3 Å². The highest BCUT2D eigenvalue weighted by atomic mass is 35.5. The molecule has 1 atom stereocenters. The molecule has 3 N–H and O–H groups in total. The fourth-order valence-electron chi connectivity index (χ4n) is 2.49. The van der Waals surface area contributed by atoms with Gasteiger partial charge in [0.05, 0.1) is 16.8 Å². The first-order valence-electron chi connectivity index (χ1n) is 7.26. The van der Waals surface area contributed by atoms with Gasteiger partial charge in [-0.3, -0.25) is 9.69 Å². The summed E-state index contributed by atoms with van der Waals surface area (Å²) in [6.07, 6.45) is 1.08. The van der Waals surface area contributed by atoms with E-state index in [1.54, 1.807) is 18.2 Å². The van der Waals surface area contributed by atoms with Crippen LogP contribution < -0.4 is 11.1 Å². The number of carbonyl (C=O) groups is 1. The number of halogens is 1. The first kappa shape index (κ1) is 16.1. The minimum absolute atomic E-state index is 0.0359. The van der Waals surface area contributed by atoms with Crippen LogP contribution in [0, 0.1) is 0 Å². The molecular weight excluding hydrogens is 288 g/mol. The van der Waals surface area contributed by atoms with Gasteiger partial charge in [-0.05, 0) is 45.1 Å². The average Bonchev–Trinajstić information content (AvgIpc) is 2.66. The van der Waals surface area contributed by atoms with Crippen LogP contribution in [-0.2, 0) is 4.79 Å². The van der Waals surface area contributed by atoms with Crippen LogP contribution in [-0.4, -0.2) is 55.0 Å². The number of anilines is 2. The van der Waals surface area contributed by atoms with Gasteiger partial charge in [0, 0.05) is 25.3 Å². The first-order chi connectivity index (χ1) is 9.97. The SMILES string of the molecule is CC(C(=O)Nc1ccc(N)cc1Cl)N1CCCN(C)CC1. The molecule has 1 aliphatic rings. The van der Waals surface area contributed by atoms with E-state index in [1.807, 2.05) is 6.92 Å². The molecule has 0 spiro atoms. The third-order valence-electron chi connectivity index (χ3n) is 3.93. The van der Waals surface area contributed by atoms with E-state index in [1.165, 1.54) is 0 Å². The van der Waals surface area contributed by atoms with Gasteiger partial charge >= 0.3 is 0 Å². The summed E-state index contributed by atoms with van der Waals surface area (Å²) in [4.78, 5) is 16.9. The summed E-state index contributed by atoms with van der Waals surface area (Å²) in [5, 5.41) is 3.35. The molecule has 0 aromatic heterocycles. The van der Waals surface area contributed by atoms with Crippen molar-refractivity contribution < 1.29 is 4.79 Å². The predicted octanol–water partition coefficient (Wildman–Crippen LogP) is 1.89. The average molecular weight is 311 g/mol. The van der Waals surface area contributed by atoms with Crippen LogP contribution in [0.15, 0.2) is 18.2 Å². The van der Waals surface area contributed by atoms with E-state index in [9.17, 15) is 4.79 Å². The van der Waals surface area contributed by atoms with Crippen LogP contribution >= 0.6 is 11.6 Å². The summed E-state index contributed by atoms with van der Waals surface area (Å²) in [6, 6.07) is 4.93. The van der Waals surface area contributed by atoms with Gasteiger partial charge in [-0.1, -0.05) is 11.6 Å². The monoisotopic (exact) mass is 310 g/mol. The van der Waals surface area contributed by atoms with Crippen LogP contribution in [0.5, 0.6) is 0 Å². The van der Waals surface area contributed by atoms with Crippen molar-refractivity contribution in [3.05, 3.63) is 23.2 Å². The highest BCUT2D eigenvalue weighted by Gasteiger charge is 2.23. The zero-order valence-corrected chi connectivity index (χ0v) is 13.4. The normalized spacial score (nSPS) is 19.0. The maximum Gasteiger partial charge on any atom is 0.241 e. The van der Waals surface area contributed by atoms with E-state index in [0.717, 1.165) is 32.6 Å². The van der Waals surface area contributed by atoms with Crippen LogP contribution in [0.1, 0.15) is 13.3 Å². The third-order valence-corrected chi connectivity index (χ3v) is 4.24. The quantitative estimate of drug-likeness (QED) is 0.837. The molecule has 0 bridgehead atoms. The maximum atomic E-state index is 12.4. The van der Waals surface area contributed by atoms with E-state index in [2.05, 4.69) is 22.2 Å². The number of hydrogen-bond acceptors (Lipinski definition) is 4. The molecule has 21 heavy (non-hydrogen) atoms. The number of likely N-dealkylation sites (N-methyl/N-ethyl adjacent to an activating group) is 1. The molecule has 1 aliphatic heterocycles. The lowest BCUT2D eigenvalue weighted by molar-refractivity contribution is -0.120. The van der Waals surface area contributed by atoms with Crippen molar-refractivity contribution in [3.63, 3.8) is 0 Å². The number of nitrogen functional groups attached to an aromatic ring is 1. The van der Waals surface area contributed by atoms with Crippen LogP contribution in [0.25, 0.3) is 0 Å². The Balaban J connectivity index is 1.98. The van der Waals surface area contributed by atoms with E-state index in [-0.39, 0.29) is 11.9 Å². The number of rotatable bonds is 3. The molecule has 0 saturated carbocycles. The summed E-state index contributed by atoms with van der Waals surface area (Å²) in [7, 11) is 2.11. The van der Waals surface area contributed by atoms with Gasteiger partial charge in [0.15, 0.2) is 0 Å². The second-order valence-corrected chi connectivity index (χ2v) is 6.00. The highest BCUT2D eigenvalue weighted by molar-refractivity contribution is 6.34. The second-order valence-electron chi connectivity index (χ2n) is 5.60. The highest BCUT2D eigenvalue weighted by Crippen LogP contribution is 2.24. The molecular formula is C15H23ClN4O. The molecule has 1 amide bonds. The molecule has 1 unspecified atom stereocenters. The fourth-order valence-corrected chi connectivity index (χ4v) is 2.73. The first-order valence-corrected chi connectivity index (χ1v) is 7.63. The van der Waals surface area contributed by atoms with E-state index in [0.29, 0.717) is 16.4 Å². The van der Waals surface area contributed by atoms with Gasteiger partial charge in [0.2, 0.25) is 5.91 Å². The Morgan fingerprint density at radius 2 is 2.10 bits per heavy atom. The Bertz CT molecular complexity index is 508. The molecule has 1 saturated heterocycles. The Kier molecular flexibility index (Phi) is 5.45. The number of amides is 1. The Labute approximate surface area is 131 Å². The standard InChI is InChI=1S/C15H23ClN4O/c1-11(20-7-3-6-19(2)8-9-20)15(21)18-14-5-4-12(17)10-13(14)16/h4-5,10-11H,3,6-9,17H2,1-2H3,(H,18,21). The van der Waals surface area contributed by atoms with Crippen molar-refractivity contribution in [1.82, 2.24) is 9.80 Å². The van der Waals surface area contributed by atoms with Crippen molar-refractivity contribution in [2.45, 2.75) is 19.4 Å². The minimum atomic E-state index is -0.176. The summed E-state index contributed by atoms with van der Waals surface area (Å²) >= 11 is 6.09. The summed E-state index contributed by atoms with van der Waals surface area (Å²) in [6.45, 7) is 5.84. The summed E-state index contributed by atoms with van der Waals surface area (Å²) < 4.78 is 0. The fraction of sp³-hybridized carbons (Fsp3) is 0.533. The summed E-state index contributed by atoms with van der Waals surface area (Å²) in [5.41, 5.74) is 6.85. The smallest absolute Gasteiger partial charge is 0.241 e. The molecule has 6 heteroatoms. The van der Waals surface area contributed by atoms with Gasteiger partial charge < -0.3 is 16.0 Å². The van der Waals surface area contributed by atoms with E-state index in [4.69, 9.17) is 17.3 Å². The second kappa shape index (κ2) is 7.11. The van der Waals surface area contributed by atoms with Crippen molar-refractivity contribution in [3.8, 4) is 0 Å². The lowest BCUT2D eigenvalue weighted by Crippen LogP contribution is -2.43. The Morgan fingerprint density at radius 1 is 1.33 bits per heavy atom. The third kappa shape index (κ3) is 4.33. The van der Waals surface area contributed by atoms with E-state index >= 15 is 0 Å². The number of nitrogens with one attached hydrogen (secondary N) is 1. The zero-order chi connectivity index (χ0) is 15.4. The molecule has 1 aromatic carbocycles. The molecule has 0 radical (unpaired) electrons. The largest absolute Gasteiger partial charge is 0.399 e. The summed E-state index contributed by atoms with van der Waals surface area (Å²) in [5.74, 6) is -0.0359. The van der Waals surface area contributed by atoms with Gasteiger partial charge in [-0.15, -0.1) is 0 Å². The number of nitrogens with zero attached hydrogens (tertiary/aromatic N) is 2. The lowest BCUT2D eigenvalue weighted by Gasteiger charge is -2.26. The van der Waals surface area contributed by atoms with Gasteiger partial charge in [0.1, 0.15) is 0 Å². The molecule has 116 valence electrons. The number of nitrogens with two attached hydrogens (primary N) is 1. The number of hydrogen-bond donors (Lipinski definition) is 2. The van der Waals surface area contributed by atoms with E-state index < -0.39 is 0 Å². The van der Waals surface area contributed by atoms with Gasteiger partial charge in [0.25, 0.3) is 0 Å². The molecule has 2 rings (SSSR count). The van der Waals surface area contributed by atoms with Crippen LogP contribution in [0.2, 0.25) is 5.02 Å². The van der Waals surface area contributed by atoms with Gasteiger partial charge in [-0.2, -0.15) is 0 Å². The predicted molar refractivity (Wildman–Crippen MR) is 87.6 cm³/mol. The zero-order valence-electron chi connectivity index (χ0n) is 12.6. The lowest BCUT2D eigenvalue weighted by atomic mass is 10.2. The molecule has 1 aromatic rings. The van der Waals surface area contributed by atoms with Crippen molar-refractivity contribution >= 4 is 28.9 Å². The number of benzene rings is 1. The molecule has 5 nitrogen and oxygen atoms in total. The van der Waals surface area contributed by atoms with Crippen LogP contribution in [0.3, 0.4) is 0 Å². The molecule has 0 aliphatic carbocycles. The van der Waals surface area contributed by atoms with Crippen molar-refractivity contribution in [2.24, 2.45) is 0 Å². The molecule has 1 heterocycles. The Hall–Kier alpha value is -1.30. The van der Waals surface area contributed by atoms with Crippen LogP contribution in [0.4, 0.5) is 11.4 Å². The van der Waals surface area contributed by atoms with Crippen molar-refractivity contribution in [1.29, 1.82) is 0 Å². The maximum absolute atomic E-state index is 12.4. The Morgan fingerprint density at radius 3 is 2.81 bits per heavy atom. The topological polar surface area (TPSA) is 61.6 Å².